The van der Waals surface area contributed by atoms with Crippen molar-refractivity contribution < 1.29 is 26.3 Å². The largest absolute Gasteiger partial charge is 0.478 e. The van der Waals surface area contributed by atoms with Gasteiger partial charge in [-0.05, 0) is 31.2 Å². The van der Waals surface area contributed by atoms with Crippen molar-refractivity contribution in [3.8, 4) is 16.5 Å². The molecular formula is C22H30N4O6S3Si. The summed E-state index contributed by atoms with van der Waals surface area (Å²) in [5.74, 6) is 0.0159. The van der Waals surface area contributed by atoms with Gasteiger partial charge in [0.05, 0.1) is 28.8 Å². The van der Waals surface area contributed by atoms with E-state index in [1.807, 2.05) is 0 Å². The number of thiophene rings is 1. The van der Waals surface area contributed by atoms with Crippen LogP contribution in [0.4, 0.5) is 5.82 Å². The van der Waals surface area contributed by atoms with Gasteiger partial charge in [0, 0.05) is 32.5 Å². The molecular weight excluding hydrogens is 541 g/mol. The summed E-state index contributed by atoms with van der Waals surface area (Å²) in [6.45, 7) is 8.39. The standard InChI is InChI=1S/C22H30N4O6S3Si/c1-16-13-24-21(22(25-16)31-2)26(15-32-10-11-36(4,5)6)35(29,30)19-8-7-9-23-20(19)18-12-17(14-33-18)34(3,27)28/h7-9,12-14H,10-11,15H2,1-6H3. The Kier molecular flexibility index (Phi) is 8.55. The third-order valence-corrected chi connectivity index (χ3v) is 10.7. The van der Waals surface area contributed by atoms with Crippen LogP contribution in [0.5, 0.6) is 5.88 Å². The minimum Gasteiger partial charge on any atom is -0.478 e. The lowest BCUT2D eigenvalue weighted by atomic mass is 10.3. The van der Waals surface area contributed by atoms with Gasteiger partial charge in [0.25, 0.3) is 15.9 Å². The minimum absolute atomic E-state index is 0.0195. The topological polar surface area (TPSA) is 129 Å². The van der Waals surface area contributed by atoms with Gasteiger partial charge in [-0.15, -0.1) is 11.3 Å². The van der Waals surface area contributed by atoms with E-state index < -0.39 is 27.9 Å². The molecule has 3 heterocycles. The van der Waals surface area contributed by atoms with Gasteiger partial charge in [0.1, 0.15) is 17.3 Å². The van der Waals surface area contributed by atoms with Gasteiger partial charge >= 0.3 is 0 Å². The maximum Gasteiger partial charge on any atom is 0.269 e. The molecule has 3 rings (SSSR count). The highest BCUT2D eigenvalue weighted by atomic mass is 32.2. The Bertz CT molecular complexity index is 1440. The first-order valence-electron chi connectivity index (χ1n) is 11.0. The lowest BCUT2D eigenvalue weighted by Gasteiger charge is -2.25. The highest BCUT2D eigenvalue weighted by Crippen LogP contribution is 2.36. The van der Waals surface area contributed by atoms with E-state index in [0.29, 0.717) is 17.2 Å². The molecule has 0 aromatic carbocycles. The predicted octanol–water partition coefficient (Wildman–Crippen LogP) is 3.83. The van der Waals surface area contributed by atoms with E-state index >= 15 is 0 Å². The SMILES string of the molecule is COc1nc(C)cnc1N(COCC[Si](C)(C)C)S(=O)(=O)c1cccnc1-c1cc(S(C)(=O)=O)cs1. The number of sulfone groups is 1. The highest BCUT2D eigenvalue weighted by Gasteiger charge is 2.33. The third kappa shape index (κ3) is 6.67. The molecule has 0 amide bonds. The number of hydrogen-bond donors (Lipinski definition) is 0. The van der Waals surface area contributed by atoms with E-state index in [9.17, 15) is 16.8 Å². The van der Waals surface area contributed by atoms with Gasteiger partial charge in [0.15, 0.2) is 9.84 Å². The van der Waals surface area contributed by atoms with Crippen molar-refractivity contribution >= 4 is 45.1 Å². The fourth-order valence-corrected chi connectivity index (χ4v) is 7.38. The summed E-state index contributed by atoms with van der Waals surface area (Å²) < 4.78 is 64.2. The number of sulfonamides is 1. The highest BCUT2D eigenvalue weighted by molar-refractivity contribution is 7.93. The van der Waals surface area contributed by atoms with Gasteiger partial charge in [-0.1, -0.05) is 19.6 Å². The van der Waals surface area contributed by atoms with Crippen molar-refractivity contribution in [2.75, 3.05) is 31.0 Å². The number of aromatic nitrogens is 3. The van der Waals surface area contributed by atoms with Crippen LogP contribution in [0.25, 0.3) is 10.6 Å². The molecule has 36 heavy (non-hydrogen) atoms. The molecule has 0 aliphatic rings. The second-order valence-electron chi connectivity index (χ2n) is 9.31. The number of ether oxygens (including phenoxy) is 2. The van der Waals surface area contributed by atoms with Crippen molar-refractivity contribution in [3.63, 3.8) is 0 Å². The smallest absolute Gasteiger partial charge is 0.269 e. The molecule has 0 atom stereocenters. The van der Waals surface area contributed by atoms with E-state index in [2.05, 4.69) is 34.6 Å². The number of nitrogens with zero attached hydrogens (tertiary/aromatic N) is 4. The second-order valence-corrected chi connectivity index (χ2v) is 19.7. The Hall–Kier alpha value is -2.39. The third-order valence-electron chi connectivity index (χ3n) is 5.05. The van der Waals surface area contributed by atoms with E-state index in [-0.39, 0.29) is 33.9 Å². The first-order chi connectivity index (χ1) is 16.7. The first-order valence-corrected chi connectivity index (χ1v) is 18.9. The molecule has 3 aromatic heterocycles. The molecule has 0 radical (unpaired) electrons. The van der Waals surface area contributed by atoms with Crippen LogP contribution in [0.3, 0.4) is 0 Å². The fourth-order valence-electron chi connectivity index (χ4n) is 3.07. The Balaban J connectivity index is 2.10. The second kappa shape index (κ2) is 10.9. The predicted molar refractivity (Wildman–Crippen MR) is 143 cm³/mol. The summed E-state index contributed by atoms with van der Waals surface area (Å²) in [4.78, 5) is 13.2. The molecule has 0 saturated carbocycles. The Morgan fingerprint density at radius 3 is 2.47 bits per heavy atom. The summed E-state index contributed by atoms with van der Waals surface area (Å²) in [5, 5.41) is 1.46. The van der Waals surface area contributed by atoms with Gasteiger partial charge in [0.2, 0.25) is 5.82 Å². The first kappa shape index (κ1) is 28.2. The zero-order valence-electron chi connectivity index (χ0n) is 21.0. The van der Waals surface area contributed by atoms with E-state index in [0.717, 1.165) is 27.9 Å². The number of pyridine rings is 1. The van der Waals surface area contributed by atoms with E-state index in [4.69, 9.17) is 9.47 Å². The van der Waals surface area contributed by atoms with Crippen LogP contribution in [-0.2, 0) is 24.6 Å². The van der Waals surface area contributed by atoms with Gasteiger partial charge in [-0.3, -0.25) is 4.98 Å². The molecule has 3 aromatic rings. The van der Waals surface area contributed by atoms with Crippen molar-refractivity contribution in [2.45, 2.75) is 42.4 Å². The number of hydrogen-bond acceptors (Lipinski definition) is 10. The van der Waals surface area contributed by atoms with Crippen LogP contribution in [0, 0.1) is 6.92 Å². The van der Waals surface area contributed by atoms with Crippen molar-refractivity contribution in [1.82, 2.24) is 15.0 Å². The van der Waals surface area contributed by atoms with Crippen molar-refractivity contribution in [2.24, 2.45) is 0 Å². The number of rotatable bonds is 11. The normalized spacial score (nSPS) is 12.5. The number of methoxy groups -OCH3 is 1. The zero-order chi connectivity index (χ0) is 26.7. The Morgan fingerprint density at radius 2 is 1.86 bits per heavy atom. The summed E-state index contributed by atoms with van der Waals surface area (Å²) in [5.41, 5.74) is 0.685. The molecule has 0 aliphatic heterocycles. The van der Waals surface area contributed by atoms with Gasteiger partial charge < -0.3 is 9.47 Å². The van der Waals surface area contributed by atoms with Crippen LogP contribution in [0.15, 0.2) is 45.8 Å². The summed E-state index contributed by atoms with van der Waals surface area (Å²) in [7, 11) is -7.78. The van der Waals surface area contributed by atoms with E-state index in [1.54, 1.807) is 6.92 Å². The average molecular weight is 571 g/mol. The molecule has 0 aliphatic carbocycles. The molecule has 0 unspecified atom stereocenters. The molecule has 0 N–H and O–H groups in total. The van der Waals surface area contributed by atoms with Crippen LogP contribution in [0.1, 0.15) is 5.69 Å². The molecule has 196 valence electrons. The molecule has 10 nitrogen and oxygen atoms in total. The van der Waals surface area contributed by atoms with Crippen molar-refractivity contribution in [3.05, 3.63) is 41.7 Å². The number of aryl methyl sites for hydroxylation is 1. The molecule has 0 saturated heterocycles. The van der Waals surface area contributed by atoms with Gasteiger partial charge in [-0.2, -0.15) is 0 Å². The summed E-state index contributed by atoms with van der Waals surface area (Å²) in [6, 6.07) is 5.19. The molecule has 14 heteroatoms. The lowest BCUT2D eigenvalue weighted by molar-refractivity contribution is 0.155. The van der Waals surface area contributed by atoms with Crippen molar-refractivity contribution in [1.29, 1.82) is 0 Å². The van der Waals surface area contributed by atoms with Crippen LogP contribution >= 0.6 is 11.3 Å². The van der Waals surface area contributed by atoms with Crippen LogP contribution < -0.4 is 9.04 Å². The lowest BCUT2D eigenvalue weighted by Crippen LogP contribution is -2.35. The van der Waals surface area contributed by atoms with E-state index in [1.165, 1.54) is 43.1 Å². The summed E-state index contributed by atoms with van der Waals surface area (Å²) >= 11 is 1.10. The average Bonchev–Trinajstić information content (AvgIpc) is 3.29. The molecule has 0 fully saturated rings. The zero-order valence-corrected chi connectivity index (χ0v) is 24.5. The molecule has 0 spiro atoms. The maximum atomic E-state index is 14.1. The molecule has 0 bridgehead atoms. The van der Waals surface area contributed by atoms with Gasteiger partial charge in [-0.25, -0.2) is 31.1 Å². The maximum absolute atomic E-state index is 14.1. The summed E-state index contributed by atoms with van der Waals surface area (Å²) in [6.07, 6.45) is 4.00. The van der Waals surface area contributed by atoms with Crippen LogP contribution in [0.2, 0.25) is 25.7 Å². The van der Waals surface area contributed by atoms with Crippen LogP contribution in [-0.4, -0.2) is 66.6 Å². The Labute approximate surface area is 217 Å². The monoisotopic (exact) mass is 570 g/mol. The number of anilines is 1. The Morgan fingerprint density at radius 1 is 1.14 bits per heavy atom. The fraction of sp³-hybridized carbons (Fsp3) is 0.409. The quantitative estimate of drug-likeness (QED) is 0.192. The minimum atomic E-state index is -4.29.